The number of halogens is 1. The van der Waals surface area contributed by atoms with Crippen molar-refractivity contribution in [1.82, 2.24) is 4.90 Å². The number of anilines is 2. The molecule has 5 rings (SSSR count). The molecule has 3 aromatic carbocycles. The van der Waals surface area contributed by atoms with Gasteiger partial charge < -0.3 is 33.3 Å². The van der Waals surface area contributed by atoms with Crippen molar-refractivity contribution in [3.63, 3.8) is 0 Å². The molecule has 53 heavy (non-hydrogen) atoms. The number of hydrogen-bond acceptors (Lipinski definition) is 10. The zero-order chi connectivity index (χ0) is 37.9. The number of nitrogens with zero attached hydrogens (tertiary/aromatic N) is 2. The molecule has 2 aliphatic heterocycles. The van der Waals surface area contributed by atoms with Gasteiger partial charge in [-0.05, 0) is 49.1 Å². The van der Waals surface area contributed by atoms with Gasteiger partial charge in [-0.15, -0.1) is 11.6 Å². The van der Waals surface area contributed by atoms with Gasteiger partial charge in [0.05, 0.1) is 36.7 Å². The maximum absolute atomic E-state index is 13.8. The van der Waals surface area contributed by atoms with Gasteiger partial charge in [-0.3, -0.25) is 19.7 Å². The number of esters is 1. The first-order chi connectivity index (χ1) is 25.7. The zero-order valence-corrected chi connectivity index (χ0v) is 31.4. The van der Waals surface area contributed by atoms with Gasteiger partial charge in [-0.25, -0.2) is 9.36 Å². The van der Waals surface area contributed by atoms with Gasteiger partial charge in [0.2, 0.25) is 5.91 Å². The Kier molecular flexibility index (Phi) is 13.9. The standard InChI is InChI=1S/C38H43ClN3O10P/c1-4-16-50-38(46)40-30-19-34(33(48-3)18-29(30)37(45)41-15-10-11-26(41)23-51-24(2)43)49-17-9-5-6-14-35(44)42-22-25(21-39)36-28-13-8-7-12-27(28)32(52-53-47)20-31(36)42/h4,7-8,12-13,18-20,25-26H,1,5-6,9-11,14-17,21-23H2,2-3H3,(H,40,46)/t25-,26+/m1/s1. The van der Waals surface area contributed by atoms with E-state index in [0.717, 1.165) is 28.4 Å². The number of unbranched alkanes of at least 4 members (excludes halogenated alkanes) is 2. The van der Waals surface area contributed by atoms with E-state index in [1.54, 1.807) is 15.9 Å². The molecule has 15 heteroatoms. The molecule has 0 saturated carbocycles. The summed E-state index contributed by atoms with van der Waals surface area (Å²) in [4.78, 5) is 54.7. The van der Waals surface area contributed by atoms with Crippen LogP contribution in [-0.2, 0) is 23.6 Å². The average Bonchev–Trinajstić information content (AvgIpc) is 3.79. The molecule has 13 nitrogen and oxygen atoms in total. The highest BCUT2D eigenvalue weighted by molar-refractivity contribution is 7.17. The number of ether oxygens (including phenoxy) is 4. The predicted octanol–water partition coefficient (Wildman–Crippen LogP) is 7.64. The van der Waals surface area contributed by atoms with Gasteiger partial charge in [-0.1, -0.05) is 36.9 Å². The summed E-state index contributed by atoms with van der Waals surface area (Å²) in [6.45, 7) is 6.10. The van der Waals surface area contributed by atoms with Crippen molar-refractivity contribution in [2.45, 2.75) is 57.4 Å². The Morgan fingerprint density at radius 2 is 1.83 bits per heavy atom. The first-order valence-corrected chi connectivity index (χ1v) is 18.7. The Morgan fingerprint density at radius 1 is 1.04 bits per heavy atom. The van der Waals surface area contributed by atoms with Gasteiger partial charge >= 0.3 is 20.7 Å². The first kappa shape index (κ1) is 39.3. The highest BCUT2D eigenvalue weighted by Crippen LogP contribution is 2.46. The van der Waals surface area contributed by atoms with Gasteiger partial charge in [0, 0.05) is 55.8 Å². The number of amides is 3. The third kappa shape index (κ3) is 9.39. The van der Waals surface area contributed by atoms with E-state index >= 15 is 0 Å². The number of nitrogens with one attached hydrogen (secondary N) is 1. The summed E-state index contributed by atoms with van der Waals surface area (Å²) in [5, 5.41) is 4.37. The Bertz CT molecular complexity index is 1860. The molecule has 0 radical (unpaired) electrons. The highest BCUT2D eigenvalue weighted by Gasteiger charge is 2.35. The number of fused-ring (bicyclic) bond motifs is 3. The SMILES string of the molecule is C=CCOC(=O)Nc1cc(OCCCCCC(=O)N2C[C@@H](CCl)c3c2cc(OP=O)c2ccccc32)c(OC)cc1C(=O)N1CCC[C@H]1COC(C)=O. The van der Waals surface area contributed by atoms with Gasteiger partial charge in [0.15, 0.2) is 11.5 Å². The number of benzene rings is 3. The van der Waals surface area contributed by atoms with Crippen molar-refractivity contribution in [3.8, 4) is 17.2 Å². The maximum atomic E-state index is 13.8. The molecule has 282 valence electrons. The fraction of sp³-hybridized carbons (Fsp3) is 0.421. The monoisotopic (exact) mass is 767 g/mol. The molecule has 2 atom stereocenters. The minimum absolute atomic E-state index is 0.0290. The van der Waals surface area contributed by atoms with Crippen LogP contribution in [-0.4, -0.2) is 80.7 Å². The summed E-state index contributed by atoms with van der Waals surface area (Å²) in [7, 11) is 0.970. The van der Waals surface area contributed by atoms with Crippen LogP contribution in [0.2, 0.25) is 0 Å². The number of likely N-dealkylation sites (tertiary alicyclic amines) is 1. The molecule has 1 saturated heterocycles. The molecule has 0 spiro atoms. The van der Waals surface area contributed by atoms with Crippen LogP contribution in [0.25, 0.3) is 10.8 Å². The fourth-order valence-corrected chi connectivity index (χ4v) is 7.28. The zero-order valence-electron chi connectivity index (χ0n) is 29.8. The quantitative estimate of drug-likeness (QED) is 0.0477. The van der Waals surface area contributed by atoms with Crippen molar-refractivity contribution in [3.05, 3.63) is 66.2 Å². The lowest BCUT2D eigenvalue weighted by atomic mass is 9.95. The number of alkyl halides is 1. The molecule has 3 aromatic rings. The van der Waals surface area contributed by atoms with E-state index in [9.17, 15) is 23.7 Å². The van der Waals surface area contributed by atoms with Crippen molar-refractivity contribution in [2.75, 3.05) is 56.1 Å². The lowest BCUT2D eigenvalue weighted by Crippen LogP contribution is -2.39. The fourth-order valence-electron chi connectivity index (χ4n) is 6.80. The highest BCUT2D eigenvalue weighted by atomic mass is 35.5. The van der Waals surface area contributed by atoms with Crippen LogP contribution in [0.15, 0.2) is 55.1 Å². The predicted molar refractivity (Wildman–Crippen MR) is 201 cm³/mol. The Hall–Kier alpha value is -4.87. The summed E-state index contributed by atoms with van der Waals surface area (Å²) in [6, 6.07) is 12.1. The smallest absolute Gasteiger partial charge is 0.411 e. The lowest BCUT2D eigenvalue weighted by Gasteiger charge is -2.26. The van der Waals surface area contributed by atoms with Gasteiger partial charge in [0.25, 0.3) is 5.91 Å². The molecular weight excluding hydrogens is 725 g/mol. The number of methoxy groups -OCH3 is 1. The number of carbonyl (C=O) groups excluding carboxylic acids is 4. The summed E-state index contributed by atoms with van der Waals surface area (Å²) < 4.78 is 38.7. The van der Waals surface area contributed by atoms with Crippen LogP contribution < -0.4 is 24.2 Å². The van der Waals surface area contributed by atoms with Crippen LogP contribution in [0, 0.1) is 0 Å². The second-order valence-corrected chi connectivity index (χ2v) is 13.3. The normalized spacial score (nSPS) is 16.3. The van der Waals surface area contributed by atoms with E-state index in [-0.39, 0.29) is 60.6 Å². The van der Waals surface area contributed by atoms with Crippen LogP contribution in [0.4, 0.5) is 16.2 Å². The third-order valence-corrected chi connectivity index (χ3v) is 9.91. The van der Waals surface area contributed by atoms with Crippen LogP contribution >= 0.6 is 20.3 Å². The number of hydrogen-bond donors (Lipinski definition) is 1. The van der Waals surface area contributed by atoms with Gasteiger partial charge in [-0.2, -0.15) is 0 Å². The van der Waals surface area contributed by atoms with E-state index in [1.807, 2.05) is 24.3 Å². The van der Waals surface area contributed by atoms with E-state index in [2.05, 4.69) is 11.9 Å². The Balaban J connectivity index is 1.23. The molecule has 1 fully saturated rings. The maximum Gasteiger partial charge on any atom is 0.411 e. The molecule has 0 bridgehead atoms. The lowest BCUT2D eigenvalue weighted by molar-refractivity contribution is -0.142. The van der Waals surface area contributed by atoms with Crippen LogP contribution in [0.5, 0.6) is 17.2 Å². The second kappa shape index (κ2) is 18.8. The van der Waals surface area contributed by atoms with Gasteiger partial charge in [0.1, 0.15) is 19.0 Å². The Labute approximate surface area is 314 Å². The van der Waals surface area contributed by atoms with E-state index < -0.39 is 20.7 Å². The Morgan fingerprint density at radius 3 is 2.55 bits per heavy atom. The van der Waals surface area contributed by atoms with Crippen molar-refractivity contribution in [2.24, 2.45) is 0 Å². The summed E-state index contributed by atoms with van der Waals surface area (Å²) >= 11 is 6.37. The topological polar surface area (TPSA) is 150 Å². The van der Waals surface area contributed by atoms with E-state index in [1.165, 1.54) is 32.2 Å². The molecule has 0 aromatic heterocycles. The number of carbonyl (C=O) groups is 4. The molecular formula is C38H43ClN3O10P. The summed E-state index contributed by atoms with van der Waals surface area (Å²) in [5.74, 6) is 0.478. The van der Waals surface area contributed by atoms with E-state index in [4.69, 9.17) is 35.1 Å². The van der Waals surface area contributed by atoms with E-state index in [0.29, 0.717) is 62.6 Å². The largest absolute Gasteiger partial charge is 0.493 e. The number of rotatable bonds is 17. The minimum Gasteiger partial charge on any atom is -0.493 e. The second-order valence-electron chi connectivity index (χ2n) is 12.7. The van der Waals surface area contributed by atoms with Crippen molar-refractivity contribution in [1.29, 1.82) is 0 Å². The average molecular weight is 768 g/mol. The van der Waals surface area contributed by atoms with Crippen molar-refractivity contribution < 1.29 is 47.2 Å². The molecule has 2 aliphatic rings. The molecule has 1 N–H and O–H groups in total. The van der Waals surface area contributed by atoms with Crippen LogP contribution in [0.3, 0.4) is 0 Å². The van der Waals surface area contributed by atoms with Crippen LogP contribution in [0.1, 0.15) is 67.3 Å². The molecule has 0 unspecified atom stereocenters. The first-order valence-electron chi connectivity index (χ1n) is 17.5. The molecule has 0 aliphatic carbocycles. The third-order valence-electron chi connectivity index (χ3n) is 9.26. The summed E-state index contributed by atoms with van der Waals surface area (Å²) in [5.41, 5.74) is 2.04. The molecule has 2 heterocycles. The van der Waals surface area contributed by atoms with Crippen molar-refractivity contribution >= 4 is 66.3 Å². The molecule has 3 amide bonds. The minimum atomic E-state index is -0.780. The summed E-state index contributed by atoms with van der Waals surface area (Å²) in [6.07, 6.45) is 4.25.